The highest BCUT2D eigenvalue weighted by atomic mass is 79.9. The van der Waals surface area contributed by atoms with Crippen LogP contribution in [0.2, 0.25) is 0 Å². The molecule has 1 heterocycles. The molecule has 1 aromatic rings. The highest BCUT2D eigenvalue weighted by molar-refractivity contribution is 9.09. The first-order valence-electron chi connectivity index (χ1n) is 6.19. The Balaban J connectivity index is 1.90. The van der Waals surface area contributed by atoms with Crippen LogP contribution in [0.1, 0.15) is 12.0 Å². The van der Waals surface area contributed by atoms with Crippen molar-refractivity contribution in [2.24, 2.45) is 5.92 Å². The zero-order valence-electron chi connectivity index (χ0n) is 10.6. The van der Waals surface area contributed by atoms with Crippen LogP contribution in [-0.4, -0.2) is 36.3 Å². The summed E-state index contributed by atoms with van der Waals surface area (Å²) in [5, 5.41) is 0.985. The second kappa shape index (κ2) is 6.23. The van der Waals surface area contributed by atoms with E-state index in [1.54, 1.807) is 7.11 Å². The third-order valence-corrected chi connectivity index (χ3v) is 4.29. The second-order valence-electron chi connectivity index (χ2n) is 4.67. The van der Waals surface area contributed by atoms with Crippen LogP contribution in [0.15, 0.2) is 24.3 Å². The molecule has 1 amide bonds. The standard InChI is InChI=1S/C14H18BrNO2/c1-18-13-4-2-11(3-5-13)8-14(17)16-7-6-12(9-15)10-16/h2-5,12H,6-10H2,1H3. The lowest BCUT2D eigenvalue weighted by Crippen LogP contribution is -2.30. The molecule has 1 aromatic carbocycles. The first kappa shape index (κ1) is 13.4. The van der Waals surface area contributed by atoms with Crippen molar-refractivity contribution in [3.05, 3.63) is 29.8 Å². The number of amides is 1. The van der Waals surface area contributed by atoms with Crippen molar-refractivity contribution in [3.8, 4) is 5.75 Å². The maximum atomic E-state index is 12.1. The van der Waals surface area contributed by atoms with E-state index in [2.05, 4.69) is 15.9 Å². The van der Waals surface area contributed by atoms with Crippen molar-refractivity contribution in [2.75, 3.05) is 25.5 Å². The molecule has 1 atom stereocenters. The van der Waals surface area contributed by atoms with E-state index in [1.165, 1.54) is 0 Å². The third kappa shape index (κ3) is 3.25. The maximum Gasteiger partial charge on any atom is 0.226 e. The van der Waals surface area contributed by atoms with Gasteiger partial charge >= 0.3 is 0 Å². The molecule has 3 nitrogen and oxygen atoms in total. The van der Waals surface area contributed by atoms with Crippen molar-refractivity contribution in [1.82, 2.24) is 4.90 Å². The molecule has 1 aliphatic heterocycles. The molecule has 0 N–H and O–H groups in total. The molecule has 0 aromatic heterocycles. The average molecular weight is 312 g/mol. The van der Waals surface area contributed by atoms with E-state index in [1.807, 2.05) is 29.2 Å². The Morgan fingerprint density at radius 2 is 2.17 bits per heavy atom. The molecule has 0 bridgehead atoms. The number of hydrogen-bond acceptors (Lipinski definition) is 2. The van der Waals surface area contributed by atoms with Crippen LogP contribution in [0, 0.1) is 5.92 Å². The van der Waals surface area contributed by atoms with Crippen LogP contribution in [0.25, 0.3) is 0 Å². The summed E-state index contributed by atoms with van der Waals surface area (Å²) >= 11 is 3.48. The van der Waals surface area contributed by atoms with Gasteiger partial charge in [-0.05, 0) is 30.0 Å². The van der Waals surface area contributed by atoms with E-state index < -0.39 is 0 Å². The number of likely N-dealkylation sites (tertiary alicyclic amines) is 1. The van der Waals surface area contributed by atoms with Gasteiger partial charge in [-0.2, -0.15) is 0 Å². The van der Waals surface area contributed by atoms with Crippen molar-refractivity contribution in [3.63, 3.8) is 0 Å². The van der Waals surface area contributed by atoms with Crippen LogP contribution < -0.4 is 4.74 Å². The Morgan fingerprint density at radius 1 is 1.44 bits per heavy atom. The van der Waals surface area contributed by atoms with Gasteiger partial charge in [0.15, 0.2) is 0 Å². The molecule has 0 radical (unpaired) electrons. The topological polar surface area (TPSA) is 29.5 Å². The zero-order chi connectivity index (χ0) is 13.0. The summed E-state index contributed by atoms with van der Waals surface area (Å²) in [6.07, 6.45) is 1.60. The van der Waals surface area contributed by atoms with E-state index in [4.69, 9.17) is 4.74 Å². The van der Waals surface area contributed by atoms with E-state index in [9.17, 15) is 4.79 Å². The number of methoxy groups -OCH3 is 1. The normalized spacial score (nSPS) is 19.0. The fraction of sp³-hybridized carbons (Fsp3) is 0.500. The Labute approximate surface area is 116 Å². The lowest BCUT2D eigenvalue weighted by Gasteiger charge is -2.16. The Kier molecular flexibility index (Phi) is 4.64. The largest absolute Gasteiger partial charge is 0.497 e. The fourth-order valence-corrected chi connectivity index (χ4v) is 2.74. The number of ether oxygens (including phenoxy) is 1. The number of nitrogens with zero attached hydrogens (tertiary/aromatic N) is 1. The van der Waals surface area contributed by atoms with Gasteiger partial charge in [-0.25, -0.2) is 0 Å². The molecule has 2 rings (SSSR count). The molecule has 0 aliphatic carbocycles. The van der Waals surface area contributed by atoms with Crippen LogP contribution >= 0.6 is 15.9 Å². The Hall–Kier alpha value is -1.03. The van der Waals surface area contributed by atoms with Gasteiger partial charge in [-0.1, -0.05) is 28.1 Å². The zero-order valence-corrected chi connectivity index (χ0v) is 12.1. The Bertz CT molecular complexity index is 405. The summed E-state index contributed by atoms with van der Waals surface area (Å²) in [4.78, 5) is 14.1. The van der Waals surface area contributed by atoms with Gasteiger partial charge in [-0.3, -0.25) is 4.79 Å². The van der Waals surface area contributed by atoms with Crippen LogP contribution in [0.5, 0.6) is 5.75 Å². The number of carbonyl (C=O) groups is 1. The molecule has 1 fully saturated rings. The monoisotopic (exact) mass is 311 g/mol. The van der Waals surface area contributed by atoms with Crippen LogP contribution in [-0.2, 0) is 11.2 Å². The van der Waals surface area contributed by atoms with Gasteiger partial charge in [0.1, 0.15) is 5.75 Å². The summed E-state index contributed by atoms with van der Waals surface area (Å²) < 4.78 is 5.10. The van der Waals surface area contributed by atoms with E-state index in [0.717, 1.165) is 36.2 Å². The lowest BCUT2D eigenvalue weighted by molar-refractivity contribution is -0.129. The molecule has 18 heavy (non-hydrogen) atoms. The molecular weight excluding hydrogens is 294 g/mol. The SMILES string of the molecule is COc1ccc(CC(=O)N2CCC(CBr)C2)cc1. The minimum Gasteiger partial charge on any atom is -0.497 e. The molecule has 0 saturated carbocycles. The number of carbonyl (C=O) groups excluding carboxylic acids is 1. The minimum atomic E-state index is 0.226. The number of hydrogen-bond donors (Lipinski definition) is 0. The van der Waals surface area contributed by atoms with E-state index >= 15 is 0 Å². The molecule has 1 saturated heterocycles. The van der Waals surface area contributed by atoms with Crippen LogP contribution in [0.3, 0.4) is 0 Å². The Morgan fingerprint density at radius 3 is 2.72 bits per heavy atom. The molecule has 1 aliphatic rings. The fourth-order valence-electron chi connectivity index (χ4n) is 2.21. The first-order chi connectivity index (χ1) is 8.72. The van der Waals surface area contributed by atoms with Crippen molar-refractivity contribution < 1.29 is 9.53 Å². The summed E-state index contributed by atoms with van der Waals surface area (Å²) in [6.45, 7) is 1.78. The highest BCUT2D eigenvalue weighted by Crippen LogP contribution is 2.19. The van der Waals surface area contributed by atoms with Crippen LogP contribution in [0.4, 0.5) is 0 Å². The number of rotatable bonds is 4. The van der Waals surface area contributed by atoms with Gasteiger partial charge in [-0.15, -0.1) is 0 Å². The first-order valence-corrected chi connectivity index (χ1v) is 7.31. The van der Waals surface area contributed by atoms with Crippen molar-refractivity contribution in [1.29, 1.82) is 0 Å². The second-order valence-corrected chi connectivity index (χ2v) is 5.32. The molecule has 98 valence electrons. The predicted octanol–water partition coefficient (Wildman–Crippen LogP) is 2.48. The van der Waals surface area contributed by atoms with Gasteiger partial charge < -0.3 is 9.64 Å². The number of benzene rings is 1. The van der Waals surface area contributed by atoms with E-state index in [0.29, 0.717) is 12.3 Å². The summed E-state index contributed by atoms with van der Waals surface area (Å²) in [5.41, 5.74) is 1.04. The lowest BCUT2D eigenvalue weighted by atomic mass is 10.1. The molecule has 1 unspecified atom stereocenters. The van der Waals surface area contributed by atoms with Crippen molar-refractivity contribution >= 4 is 21.8 Å². The molecule has 4 heteroatoms. The summed E-state index contributed by atoms with van der Waals surface area (Å²) in [6, 6.07) is 7.70. The summed E-state index contributed by atoms with van der Waals surface area (Å²) in [5.74, 6) is 1.67. The number of alkyl halides is 1. The number of halogens is 1. The third-order valence-electron chi connectivity index (χ3n) is 3.37. The van der Waals surface area contributed by atoms with Gasteiger partial charge in [0.2, 0.25) is 5.91 Å². The molecular formula is C14H18BrNO2. The minimum absolute atomic E-state index is 0.226. The highest BCUT2D eigenvalue weighted by Gasteiger charge is 2.25. The van der Waals surface area contributed by atoms with Gasteiger partial charge in [0, 0.05) is 18.4 Å². The predicted molar refractivity (Wildman–Crippen MR) is 75.2 cm³/mol. The molecule has 0 spiro atoms. The maximum absolute atomic E-state index is 12.1. The van der Waals surface area contributed by atoms with E-state index in [-0.39, 0.29) is 5.91 Å². The van der Waals surface area contributed by atoms with Gasteiger partial charge in [0.25, 0.3) is 0 Å². The smallest absolute Gasteiger partial charge is 0.226 e. The average Bonchev–Trinajstić information content (AvgIpc) is 2.88. The summed E-state index contributed by atoms with van der Waals surface area (Å²) in [7, 11) is 1.64. The van der Waals surface area contributed by atoms with Crippen molar-refractivity contribution in [2.45, 2.75) is 12.8 Å². The quantitative estimate of drug-likeness (QED) is 0.800. The van der Waals surface area contributed by atoms with Gasteiger partial charge in [0.05, 0.1) is 13.5 Å².